The summed E-state index contributed by atoms with van der Waals surface area (Å²) in [7, 11) is 0. The Morgan fingerprint density at radius 2 is 1.83 bits per heavy atom. The molecule has 0 saturated heterocycles. The maximum absolute atomic E-state index is 12.7. The molecular weight excluding hydrogens is 243 g/mol. The molecule has 2 N–H and O–H groups in total. The molecule has 0 bridgehead atoms. The van der Waals surface area contributed by atoms with Gasteiger partial charge in [-0.05, 0) is 17.5 Å². The summed E-state index contributed by atoms with van der Waals surface area (Å²) in [6.07, 6.45) is -4.89. The smallest absolute Gasteiger partial charge is 0.392 e. The van der Waals surface area contributed by atoms with Gasteiger partial charge in [0.1, 0.15) is 0 Å². The maximum atomic E-state index is 12.7. The molecule has 1 atom stereocenters. The number of rotatable bonds is 5. The molecule has 102 valence electrons. The molecule has 0 radical (unpaired) electrons. The number of aliphatic hydroxyl groups is 1. The molecule has 0 fully saturated rings. The van der Waals surface area contributed by atoms with Gasteiger partial charge in [0.2, 0.25) is 0 Å². The van der Waals surface area contributed by atoms with Crippen molar-refractivity contribution in [2.45, 2.75) is 32.7 Å². The van der Waals surface area contributed by atoms with Crippen molar-refractivity contribution in [3.8, 4) is 0 Å². The van der Waals surface area contributed by atoms with Gasteiger partial charge in [0.25, 0.3) is 0 Å². The highest BCUT2D eigenvalue weighted by Gasteiger charge is 2.32. The summed E-state index contributed by atoms with van der Waals surface area (Å²) < 4.78 is 38.1. The number of hydrogen-bond acceptors (Lipinski definition) is 2. The molecule has 0 aliphatic rings. The highest BCUT2D eigenvalue weighted by molar-refractivity contribution is 5.29. The lowest BCUT2D eigenvalue weighted by Gasteiger charge is -2.17. The fourth-order valence-corrected chi connectivity index (χ4v) is 1.54. The van der Waals surface area contributed by atoms with E-state index in [9.17, 15) is 18.3 Å². The monoisotopic (exact) mass is 261 g/mol. The number of halogens is 3. The van der Waals surface area contributed by atoms with Crippen LogP contribution in [0.25, 0.3) is 0 Å². The predicted molar refractivity (Wildman–Crippen MR) is 64.0 cm³/mol. The van der Waals surface area contributed by atoms with Crippen LogP contribution in [0.2, 0.25) is 0 Å². The van der Waals surface area contributed by atoms with Gasteiger partial charge in [-0.2, -0.15) is 13.2 Å². The van der Waals surface area contributed by atoms with E-state index in [0.29, 0.717) is 0 Å². The number of aliphatic hydroxyl groups excluding tert-OH is 1. The number of hydrogen-bond donors (Lipinski definition) is 2. The molecule has 0 amide bonds. The van der Waals surface area contributed by atoms with E-state index in [-0.39, 0.29) is 24.6 Å². The lowest BCUT2D eigenvalue weighted by Crippen LogP contribution is -2.30. The third kappa shape index (κ3) is 4.31. The first-order chi connectivity index (χ1) is 8.32. The fourth-order valence-electron chi connectivity index (χ4n) is 1.54. The van der Waals surface area contributed by atoms with Crippen molar-refractivity contribution in [2.75, 3.05) is 6.54 Å². The van der Waals surface area contributed by atoms with E-state index in [1.54, 1.807) is 6.07 Å². The van der Waals surface area contributed by atoms with Crippen LogP contribution in [0.15, 0.2) is 24.3 Å². The molecular formula is C13H18F3NO. The fraction of sp³-hybridized carbons (Fsp3) is 0.538. The van der Waals surface area contributed by atoms with Crippen LogP contribution >= 0.6 is 0 Å². The molecule has 0 aliphatic carbocycles. The van der Waals surface area contributed by atoms with E-state index in [1.807, 2.05) is 13.8 Å². The van der Waals surface area contributed by atoms with Crippen molar-refractivity contribution < 1.29 is 18.3 Å². The van der Waals surface area contributed by atoms with Gasteiger partial charge in [0.05, 0.1) is 11.7 Å². The predicted octanol–water partition coefficient (Wildman–Crippen LogP) is 2.81. The lowest BCUT2D eigenvalue weighted by molar-refractivity contribution is -0.138. The Balaban J connectivity index is 2.63. The standard InChI is InChI=1S/C13H18F3NO/c1-9(2)12(18)8-17-7-10-5-3-4-6-11(10)13(14,15)16/h3-6,9,12,17-18H,7-8H2,1-2H3. The lowest BCUT2D eigenvalue weighted by atomic mass is 10.1. The quantitative estimate of drug-likeness (QED) is 0.854. The molecule has 0 spiro atoms. The van der Waals surface area contributed by atoms with Crippen LogP contribution in [0.5, 0.6) is 0 Å². The summed E-state index contributed by atoms with van der Waals surface area (Å²) in [6.45, 7) is 4.09. The average molecular weight is 261 g/mol. The minimum atomic E-state index is -4.34. The Morgan fingerprint density at radius 1 is 1.22 bits per heavy atom. The molecule has 1 rings (SSSR count). The second kappa shape index (κ2) is 6.20. The van der Waals surface area contributed by atoms with Gasteiger partial charge in [0, 0.05) is 13.1 Å². The van der Waals surface area contributed by atoms with Gasteiger partial charge in [0.15, 0.2) is 0 Å². The Hall–Kier alpha value is -1.07. The van der Waals surface area contributed by atoms with E-state index in [2.05, 4.69) is 5.32 Å². The molecule has 0 aromatic heterocycles. The van der Waals surface area contributed by atoms with E-state index in [1.165, 1.54) is 12.1 Å². The molecule has 1 aromatic carbocycles. The topological polar surface area (TPSA) is 32.3 Å². The average Bonchev–Trinajstić information content (AvgIpc) is 2.28. The summed E-state index contributed by atoms with van der Waals surface area (Å²) in [4.78, 5) is 0. The van der Waals surface area contributed by atoms with Gasteiger partial charge >= 0.3 is 6.18 Å². The molecule has 5 heteroatoms. The second-order valence-corrected chi connectivity index (χ2v) is 4.60. The zero-order chi connectivity index (χ0) is 13.8. The first kappa shape index (κ1) is 15.0. The SMILES string of the molecule is CC(C)C(O)CNCc1ccccc1C(F)(F)F. The largest absolute Gasteiger partial charge is 0.416 e. The van der Waals surface area contributed by atoms with E-state index >= 15 is 0 Å². The molecule has 2 nitrogen and oxygen atoms in total. The third-order valence-electron chi connectivity index (χ3n) is 2.76. The minimum Gasteiger partial charge on any atom is -0.392 e. The minimum absolute atomic E-state index is 0.0790. The van der Waals surface area contributed by atoms with Crippen LogP contribution < -0.4 is 5.32 Å². The number of benzene rings is 1. The Morgan fingerprint density at radius 3 is 2.39 bits per heavy atom. The summed E-state index contributed by atoms with van der Waals surface area (Å²) >= 11 is 0. The summed E-state index contributed by atoms with van der Waals surface area (Å²) in [5, 5.41) is 12.4. The molecule has 0 aliphatic heterocycles. The van der Waals surface area contributed by atoms with Crippen molar-refractivity contribution in [3.05, 3.63) is 35.4 Å². The summed E-state index contributed by atoms with van der Waals surface area (Å²) in [6, 6.07) is 5.45. The molecule has 0 saturated carbocycles. The number of alkyl halides is 3. The van der Waals surface area contributed by atoms with Crippen molar-refractivity contribution in [2.24, 2.45) is 5.92 Å². The van der Waals surface area contributed by atoms with E-state index in [0.717, 1.165) is 6.07 Å². The van der Waals surface area contributed by atoms with Gasteiger partial charge in [-0.3, -0.25) is 0 Å². The zero-order valence-corrected chi connectivity index (χ0v) is 10.5. The van der Waals surface area contributed by atoms with Crippen LogP contribution in [0.4, 0.5) is 13.2 Å². The van der Waals surface area contributed by atoms with Gasteiger partial charge < -0.3 is 10.4 Å². The zero-order valence-electron chi connectivity index (χ0n) is 10.5. The van der Waals surface area contributed by atoms with Crippen molar-refractivity contribution >= 4 is 0 Å². The molecule has 0 heterocycles. The van der Waals surface area contributed by atoms with Gasteiger partial charge in [-0.25, -0.2) is 0 Å². The summed E-state index contributed by atoms with van der Waals surface area (Å²) in [5.41, 5.74) is -0.433. The van der Waals surface area contributed by atoms with Crippen LogP contribution in [0, 0.1) is 5.92 Å². The summed E-state index contributed by atoms with van der Waals surface area (Å²) in [5.74, 6) is 0.0790. The van der Waals surface area contributed by atoms with Crippen LogP contribution in [-0.2, 0) is 12.7 Å². The van der Waals surface area contributed by atoms with Crippen LogP contribution in [0.1, 0.15) is 25.0 Å². The molecule has 1 unspecified atom stereocenters. The third-order valence-corrected chi connectivity index (χ3v) is 2.76. The Kier molecular flexibility index (Phi) is 5.16. The molecule has 18 heavy (non-hydrogen) atoms. The van der Waals surface area contributed by atoms with Crippen LogP contribution in [0.3, 0.4) is 0 Å². The number of nitrogens with one attached hydrogen (secondary N) is 1. The van der Waals surface area contributed by atoms with Gasteiger partial charge in [-0.15, -0.1) is 0 Å². The first-order valence-electron chi connectivity index (χ1n) is 5.86. The van der Waals surface area contributed by atoms with Crippen LogP contribution in [-0.4, -0.2) is 17.8 Å². The normalized spacial score (nSPS) is 13.9. The second-order valence-electron chi connectivity index (χ2n) is 4.60. The van der Waals surface area contributed by atoms with Crippen molar-refractivity contribution in [3.63, 3.8) is 0 Å². The Labute approximate surface area is 105 Å². The first-order valence-corrected chi connectivity index (χ1v) is 5.86. The van der Waals surface area contributed by atoms with E-state index < -0.39 is 17.8 Å². The van der Waals surface area contributed by atoms with E-state index in [4.69, 9.17) is 0 Å². The van der Waals surface area contributed by atoms with Crippen molar-refractivity contribution in [1.29, 1.82) is 0 Å². The maximum Gasteiger partial charge on any atom is 0.416 e. The van der Waals surface area contributed by atoms with Gasteiger partial charge in [-0.1, -0.05) is 32.0 Å². The highest BCUT2D eigenvalue weighted by atomic mass is 19.4. The molecule has 1 aromatic rings. The Bertz CT molecular complexity index is 377. The highest BCUT2D eigenvalue weighted by Crippen LogP contribution is 2.31. The van der Waals surface area contributed by atoms with Crippen molar-refractivity contribution in [1.82, 2.24) is 5.32 Å².